The second kappa shape index (κ2) is 4.52. The van der Waals surface area contributed by atoms with Crippen LogP contribution in [0.15, 0.2) is 24.4 Å². The van der Waals surface area contributed by atoms with Gasteiger partial charge in [0, 0.05) is 13.2 Å². The summed E-state index contributed by atoms with van der Waals surface area (Å²) in [6.07, 6.45) is 1.69. The highest BCUT2D eigenvalue weighted by Crippen LogP contribution is 2.15. The van der Waals surface area contributed by atoms with Crippen LogP contribution in [0.2, 0.25) is 0 Å². The van der Waals surface area contributed by atoms with Crippen LogP contribution in [0.25, 0.3) is 11.5 Å². The lowest BCUT2D eigenvalue weighted by Crippen LogP contribution is -2.03. The van der Waals surface area contributed by atoms with Crippen LogP contribution in [0.1, 0.15) is 0 Å². The summed E-state index contributed by atoms with van der Waals surface area (Å²) in [6, 6.07) is 5.80. The van der Waals surface area contributed by atoms with Crippen LogP contribution in [0.5, 0.6) is 6.01 Å². The van der Waals surface area contributed by atoms with Gasteiger partial charge in [-0.1, -0.05) is 6.07 Å². The van der Waals surface area contributed by atoms with Crippen molar-refractivity contribution in [2.24, 2.45) is 0 Å². The molecule has 0 aliphatic carbocycles. The molecule has 2 aromatic rings. The largest absolute Gasteiger partial charge is 0.467 e. The molecule has 0 spiro atoms. The first-order chi connectivity index (χ1) is 7.83. The lowest BCUT2D eigenvalue weighted by molar-refractivity contribution is 0.379. The fourth-order valence-corrected chi connectivity index (χ4v) is 1.17. The maximum atomic E-state index is 4.99. The predicted molar refractivity (Wildman–Crippen MR) is 59.2 cm³/mol. The number of hydrogen-bond acceptors (Lipinski definition) is 6. The third-order valence-electron chi connectivity index (χ3n) is 1.92. The molecule has 0 amide bonds. The van der Waals surface area contributed by atoms with Gasteiger partial charge in [-0.2, -0.15) is 15.0 Å². The second-order valence-electron chi connectivity index (χ2n) is 2.93. The van der Waals surface area contributed by atoms with E-state index in [1.54, 1.807) is 13.2 Å². The number of pyridine rings is 1. The van der Waals surface area contributed by atoms with E-state index < -0.39 is 0 Å². The zero-order valence-corrected chi connectivity index (χ0v) is 9.01. The smallest absolute Gasteiger partial charge is 0.321 e. The number of hydrogen-bond donors (Lipinski definition) is 1. The number of rotatable bonds is 3. The first kappa shape index (κ1) is 10.3. The van der Waals surface area contributed by atoms with Crippen molar-refractivity contribution in [3.63, 3.8) is 0 Å². The molecule has 1 N–H and O–H groups in total. The van der Waals surface area contributed by atoms with Crippen LogP contribution >= 0.6 is 0 Å². The van der Waals surface area contributed by atoms with Crippen LogP contribution in [0, 0.1) is 0 Å². The summed E-state index contributed by atoms with van der Waals surface area (Å²) in [5, 5.41) is 2.84. The molecular weight excluding hydrogens is 206 g/mol. The minimum absolute atomic E-state index is 0.264. The molecule has 0 fully saturated rings. The zero-order valence-electron chi connectivity index (χ0n) is 9.01. The molecular formula is C10H11N5O. The third kappa shape index (κ3) is 2.05. The molecule has 0 unspecified atom stereocenters. The Morgan fingerprint density at radius 3 is 2.69 bits per heavy atom. The molecule has 0 atom stereocenters. The van der Waals surface area contributed by atoms with Gasteiger partial charge in [0.2, 0.25) is 5.95 Å². The fraction of sp³-hybridized carbons (Fsp3) is 0.200. The molecule has 0 aliphatic rings. The summed E-state index contributed by atoms with van der Waals surface area (Å²) in [5.41, 5.74) is 0.680. The van der Waals surface area contributed by atoms with E-state index in [9.17, 15) is 0 Å². The Bertz CT molecular complexity index is 452. The van der Waals surface area contributed by atoms with E-state index in [4.69, 9.17) is 4.74 Å². The van der Waals surface area contributed by atoms with Gasteiger partial charge >= 0.3 is 6.01 Å². The Morgan fingerprint density at radius 2 is 2.06 bits per heavy atom. The minimum atomic E-state index is 0.264. The molecule has 0 saturated heterocycles. The van der Waals surface area contributed by atoms with Gasteiger partial charge in [-0.25, -0.2) is 0 Å². The Kier molecular flexibility index (Phi) is 2.90. The van der Waals surface area contributed by atoms with Crippen LogP contribution in [-0.4, -0.2) is 34.1 Å². The molecule has 6 nitrogen and oxygen atoms in total. The average Bonchev–Trinajstić information content (AvgIpc) is 2.39. The Balaban J connectivity index is 2.48. The van der Waals surface area contributed by atoms with Crippen molar-refractivity contribution in [2.45, 2.75) is 0 Å². The van der Waals surface area contributed by atoms with E-state index >= 15 is 0 Å². The Labute approximate surface area is 92.8 Å². The summed E-state index contributed by atoms with van der Waals surface area (Å²) in [4.78, 5) is 16.5. The van der Waals surface area contributed by atoms with Gasteiger partial charge in [-0.3, -0.25) is 4.98 Å². The molecule has 2 rings (SSSR count). The van der Waals surface area contributed by atoms with Crippen LogP contribution < -0.4 is 10.1 Å². The lowest BCUT2D eigenvalue weighted by Gasteiger charge is -2.04. The van der Waals surface area contributed by atoms with Crippen molar-refractivity contribution in [2.75, 3.05) is 19.5 Å². The van der Waals surface area contributed by atoms with Crippen molar-refractivity contribution in [3.8, 4) is 17.5 Å². The van der Waals surface area contributed by atoms with Gasteiger partial charge in [-0.15, -0.1) is 0 Å². The molecule has 0 saturated carbocycles. The summed E-state index contributed by atoms with van der Waals surface area (Å²) < 4.78 is 4.99. The molecule has 0 bridgehead atoms. The van der Waals surface area contributed by atoms with Crippen molar-refractivity contribution in [1.29, 1.82) is 0 Å². The molecule has 0 radical (unpaired) electrons. The Morgan fingerprint density at radius 1 is 1.19 bits per heavy atom. The summed E-state index contributed by atoms with van der Waals surface area (Å²) in [7, 11) is 3.24. The van der Waals surface area contributed by atoms with Gasteiger partial charge in [0.15, 0.2) is 5.82 Å². The monoisotopic (exact) mass is 217 g/mol. The van der Waals surface area contributed by atoms with E-state index in [1.807, 2.05) is 18.2 Å². The van der Waals surface area contributed by atoms with Crippen LogP contribution in [-0.2, 0) is 0 Å². The first-order valence-electron chi connectivity index (χ1n) is 4.72. The van der Waals surface area contributed by atoms with Gasteiger partial charge in [0.05, 0.1) is 7.11 Å². The number of anilines is 1. The summed E-state index contributed by atoms with van der Waals surface area (Å²) in [5.74, 6) is 0.935. The zero-order chi connectivity index (χ0) is 11.4. The van der Waals surface area contributed by atoms with Crippen molar-refractivity contribution >= 4 is 5.95 Å². The van der Waals surface area contributed by atoms with Crippen molar-refractivity contribution in [3.05, 3.63) is 24.4 Å². The lowest BCUT2D eigenvalue weighted by atomic mass is 10.3. The number of methoxy groups -OCH3 is 1. The maximum Gasteiger partial charge on any atom is 0.321 e. The molecule has 16 heavy (non-hydrogen) atoms. The molecule has 2 heterocycles. The summed E-state index contributed by atoms with van der Waals surface area (Å²) >= 11 is 0. The molecule has 82 valence electrons. The SMILES string of the molecule is CNc1nc(OC)nc(-c2ccccn2)n1. The third-order valence-corrected chi connectivity index (χ3v) is 1.92. The molecule has 2 aromatic heterocycles. The minimum Gasteiger partial charge on any atom is -0.467 e. The van der Waals surface area contributed by atoms with Gasteiger partial charge in [0.25, 0.3) is 0 Å². The van der Waals surface area contributed by atoms with E-state index in [1.165, 1.54) is 7.11 Å². The van der Waals surface area contributed by atoms with Crippen LogP contribution in [0.4, 0.5) is 5.95 Å². The first-order valence-corrected chi connectivity index (χ1v) is 4.72. The van der Waals surface area contributed by atoms with E-state index in [0.717, 1.165) is 0 Å². The van der Waals surface area contributed by atoms with E-state index in [0.29, 0.717) is 17.5 Å². The highest BCUT2D eigenvalue weighted by Gasteiger charge is 2.08. The number of nitrogens with one attached hydrogen (secondary N) is 1. The quantitative estimate of drug-likeness (QED) is 0.826. The van der Waals surface area contributed by atoms with Crippen molar-refractivity contribution < 1.29 is 4.74 Å². The van der Waals surface area contributed by atoms with Gasteiger partial charge in [0.1, 0.15) is 5.69 Å². The summed E-state index contributed by atoms with van der Waals surface area (Å²) in [6.45, 7) is 0. The normalized spacial score (nSPS) is 9.88. The highest BCUT2D eigenvalue weighted by atomic mass is 16.5. The Hall–Kier alpha value is -2.24. The van der Waals surface area contributed by atoms with Gasteiger partial charge < -0.3 is 10.1 Å². The van der Waals surface area contributed by atoms with Gasteiger partial charge in [-0.05, 0) is 12.1 Å². The van der Waals surface area contributed by atoms with Crippen LogP contribution in [0.3, 0.4) is 0 Å². The number of ether oxygens (including phenoxy) is 1. The highest BCUT2D eigenvalue weighted by molar-refractivity contribution is 5.50. The van der Waals surface area contributed by atoms with E-state index in [2.05, 4.69) is 25.3 Å². The average molecular weight is 217 g/mol. The fourth-order valence-electron chi connectivity index (χ4n) is 1.17. The predicted octanol–water partition coefficient (Wildman–Crippen LogP) is 0.984. The number of nitrogens with zero attached hydrogens (tertiary/aromatic N) is 4. The standard InChI is InChI=1S/C10H11N5O/c1-11-9-13-8(14-10(15-9)16-2)7-5-3-4-6-12-7/h3-6H,1-2H3,(H,11,13,14,15). The van der Waals surface area contributed by atoms with Crippen molar-refractivity contribution in [1.82, 2.24) is 19.9 Å². The second-order valence-corrected chi connectivity index (χ2v) is 2.93. The van der Waals surface area contributed by atoms with E-state index in [-0.39, 0.29) is 6.01 Å². The number of aromatic nitrogens is 4. The maximum absolute atomic E-state index is 4.99. The molecule has 0 aromatic carbocycles. The molecule has 6 heteroatoms. The molecule has 0 aliphatic heterocycles. The topological polar surface area (TPSA) is 72.8 Å².